The summed E-state index contributed by atoms with van der Waals surface area (Å²) in [6, 6.07) is 9.76. The van der Waals surface area contributed by atoms with Crippen LogP contribution in [0.3, 0.4) is 0 Å². The Kier molecular flexibility index (Phi) is 4.94. The van der Waals surface area contributed by atoms with Crippen LogP contribution >= 0.6 is 0 Å². The zero-order valence-corrected chi connectivity index (χ0v) is 12.1. The van der Waals surface area contributed by atoms with Crippen LogP contribution in [0.4, 0.5) is 0 Å². The number of benzene rings is 1. The number of hydrogen-bond acceptors (Lipinski definition) is 3. The Morgan fingerprint density at radius 3 is 2.65 bits per heavy atom. The van der Waals surface area contributed by atoms with Gasteiger partial charge >= 0.3 is 5.97 Å². The Hall–Kier alpha value is -1.64. The molecule has 1 aliphatic rings. The molecule has 0 N–H and O–H groups in total. The molecule has 1 atom stereocenters. The molecule has 3 heteroatoms. The predicted molar refractivity (Wildman–Crippen MR) is 77.3 cm³/mol. The van der Waals surface area contributed by atoms with Gasteiger partial charge in [-0.3, -0.25) is 9.59 Å². The van der Waals surface area contributed by atoms with Gasteiger partial charge in [0.1, 0.15) is 5.41 Å². The second kappa shape index (κ2) is 6.69. The quantitative estimate of drug-likeness (QED) is 0.480. The Labute approximate surface area is 120 Å². The molecule has 1 aliphatic carbocycles. The largest absolute Gasteiger partial charge is 0.465 e. The second-order valence-electron chi connectivity index (χ2n) is 5.45. The van der Waals surface area contributed by atoms with Crippen molar-refractivity contribution in [1.29, 1.82) is 0 Å². The lowest BCUT2D eigenvalue weighted by molar-refractivity contribution is -0.160. The Bertz CT molecular complexity index is 466. The summed E-state index contributed by atoms with van der Waals surface area (Å²) in [5.74, 6) is -0.284. The molecule has 0 saturated heterocycles. The zero-order chi connectivity index (χ0) is 14.4. The van der Waals surface area contributed by atoms with Crippen LogP contribution in [0, 0.1) is 5.41 Å². The Morgan fingerprint density at radius 2 is 1.95 bits per heavy atom. The van der Waals surface area contributed by atoms with Crippen LogP contribution in [0.2, 0.25) is 0 Å². The smallest absolute Gasteiger partial charge is 0.319 e. The molecule has 1 saturated carbocycles. The summed E-state index contributed by atoms with van der Waals surface area (Å²) in [7, 11) is 0. The lowest BCUT2D eigenvalue weighted by atomic mass is 9.74. The van der Waals surface area contributed by atoms with Gasteiger partial charge in [0.25, 0.3) is 0 Å². The van der Waals surface area contributed by atoms with Gasteiger partial charge in [0, 0.05) is 6.42 Å². The minimum Gasteiger partial charge on any atom is -0.465 e. The molecule has 3 nitrogen and oxygen atoms in total. The van der Waals surface area contributed by atoms with E-state index < -0.39 is 5.41 Å². The normalized spacial score (nSPS) is 23.1. The average molecular weight is 274 g/mol. The van der Waals surface area contributed by atoms with Gasteiger partial charge < -0.3 is 4.74 Å². The fourth-order valence-corrected chi connectivity index (χ4v) is 2.96. The second-order valence-corrected chi connectivity index (χ2v) is 5.45. The first-order chi connectivity index (χ1) is 9.69. The maximum atomic E-state index is 12.6. The third-order valence-corrected chi connectivity index (χ3v) is 4.06. The van der Waals surface area contributed by atoms with E-state index in [0.29, 0.717) is 25.9 Å². The first-order valence-electron chi connectivity index (χ1n) is 7.43. The fourth-order valence-electron chi connectivity index (χ4n) is 2.96. The molecule has 0 bridgehead atoms. The molecule has 0 radical (unpaired) electrons. The van der Waals surface area contributed by atoms with Crippen LogP contribution in [0.25, 0.3) is 0 Å². The summed E-state index contributed by atoms with van der Waals surface area (Å²) in [4.78, 5) is 25.0. The van der Waals surface area contributed by atoms with E-state index in [4.69, 9.17) is 4.74 Å². The molecule has 1 aromatic rings. The summed E-state index contributed by atoms with van der Waals surface area (Å²) in [5.41, 5.74) is 0.0595. The van der Waals surface area contributed by atoms with E-state index in [1.165, 1.54) is 0 Å². The lowest BCUT2D eigenvalue weighted by Gasteiger charge is -2.28. The fraction of sp³-hybridized carbons (Fsp3) is 0.529. The highest BCUT2D eigenvalue weighted by Gasteiger charge is 2.46. The van der Waals surface area contributed by atoms with E-state index in [9.17, 15) is 9.59 Å². The van der Waals surface area contributed by atoms with Crippen LogP contribution in [-0.4, -0.2) is 18.4 Å². The Morgan fingerprint density at radius 1 is 1.20 bits per heavy atom. The van der Waals surface area contributed by atoms with Gasteiger partial charge in [0.2, 0.25) is 0 Å². The number of carbonyl (C=O) groups is 2. The van der Waals surface area contributed by atoms with Crippen molar-refractivity contribution in [2.75, 3.05) is 6.61 Å². The SMILES string of the molecule is CCOC(=O)[C@]1(Cc2ccccc2)CCCCCC1=O. The lowest BCUT2D eigenvalue weighted by Crippen LogP contribution is -2.42. The van der Waals surface area contributed by atoms with Crippen molar-refractivity contribution >= 4 is 11.8 Å². The molecule has 0 amide bonds. The van der Waals surface area contributed by atoms with Crippen molar-refractivity contribution in [3.8, 4) is 0 Å². The van der Waals surface area contributed by atoms with Crippen molar-refractivity contribution in [2.45, 2.75) is 45.4 Å². The van der Waals surface area contributed by atoms with Crippen molar-refractivity contribution in [2.24, 2.45) is 5.41 Å². The van der Waals surface area contributed by atoms with Gasteiger partial charge in [-0.1, -0.05) is 43.2 Å². The molecular weight excluding hydrogens is 252 g/mol. The van der Waals surface area contributed by atoms with E-state index in [1.54, 1.807) is 6.92 Å². The van der Waals surface area contributed by atoms with Crippen molar-refractivity contribution in [3.05, 3.63) is 35.9 Å². The van der Waals surface area contributed by atoms with Crippen LogP contribution in [0.15, 0.2) is 30.3 Å². The molecular formula is C17H22O3. The highest BCUT2D eigenvalue weighted by atomic mass is 16.5. The summed E-state index contributed by atoms with van der Waals surface area (Å²) < 4.78 is 5.22. The Balaban J connectivity index is 2.32. The molecule has 1 fully saturated rings. The third-order valence-electron chi connectivity index (χ3n) is 4.06. The molecule has 0 spiro atoms. The number of carbonyl (C=O) groups excluding carboxylic acids is 2. The topological polar surface area (TPSA) is 43.4 Å². The molecule has 1 aromatic carbocycles. The number of esters is 1. The molecule has 0 aliphatic heterocycles. The first kappa shape index (κ1) is 14.8. The number of Topliss-reactive ketones (excluding diaryl/α,β-unsaturated/α-hetero) is 1. The maximum Gasteiger partial charge on any atom is 0.319 e. The van der Waals surface area contributed by atoms with Gasteiger partial charge in [0.05, 0.1) is 6.61 Å². The van der Waals surface area contributed by atoms with E-state index >= 15 is 0 Å². The molecule has 20 heavy (non-hydrogen) atoms. The van der Waals surface area contributed by atoms with Gasteiger partial charge in [-0.2, -0.15) is 0 Å². The summed E-state index contributed by atoms with van der Waals surface area (Å²) in [6.07, 6.45) is 4.38. The first-order valence-corrected chi connectivity index (χ1v) is 7.43. The molecule has 0 heterocycles. The molecule has 2 rings (SSSR count). The standard InChI is InChI=1S/C17H22O3/c1-2-20-16(19)17(12-8-4-7-11-15(17)18)13-14-9-5-3-6-10-14/h3,5-6,9-10H,2,4,7-8,11-13H2,1H3/t17-/m0/s1. The minimum absolute atomic E-state index is 0.0531. The molecule has 0 unspecified atom stereocenters. The maximum absolute atomic E-state index is 12.6. The zero-order valence-electron chi connectivity index (χ0n) is 12.1. The van der Waals surface area contributed by atoms with Crippen molar-refractivity contribution in [1.82, 2.24) is 0 Å². The van der Waals surface area contributed by atoms with Gasteiger partial charge in [-0.15, -0.1) is 0 Å². The summed E-state index contributed by atoms with van der Waals surface area (Å²) in [6.45, 7) is 2.11. The summed E-state index contributed by atoms with van der Waals surface area (Å²) >= 11 is 0. The van der Waals surface area contributed by atoms with Gasteiger partial charge in [0.15, 0.2) is 5.78 Å². The van der Waals surface area contributed by atoms with Gasteiger partial charge in [-0.05, 0) is 31.7 Å². The minimum atomic E-state index is -0.964. The van der Waals surface area contributed by atoms with E-state index in [-0.39, 0.29) is 11.8 Å². The van der Waals surface area contributed by atoms with Gasteiger partial charge in [-0.25, -0.2) is 0 Å². The van der Waals surface area contributed by atoms with Crippen LogP contribution in [0.5, 0.6) is 0 Å². The summed E-state index contributed by atoms with van der Waals surface area (Å²) in [5, 5.41) is 0. The number of ketones is 1. The van der Waals surface area contributed by atoms with Crippen LogP contribution in [0.1, 0.15) is 44.6 Å². The number of rotatable bonds is 4. The monoisotopic (exact) mass is 274 g/mol. The highest BCUT2D eigenvalue weighted by molar-refractivity contribution is 6.04. The average Bonchev–Trinajstić information content (AvgIpc) is 2.64. The predicted octanol–water partition coefficient (Wildman–Crippen LogP) is 3.31. The van der Waals surface area contributed by atoms with Crippen LogP contribution in [-0.2, 0) is 20.7 Å². The van der Waals surface area contributed by atoms with Crippen LogP contribution < -0.4 is 0 Å². The third kappa shape index (κ3) is 3.09. The van der Waals surface area contributed by atoms with E-state index in [1.807, 2.05) is 30.3 Å². The highest BCUT2D eigenvalue weighted by Crippen LogP contribution is 2.37. The number of ether oxygens (including phenoxy) is 1. The van der Waals surface area contributed by atoms with Crippen molar-refractivity contribution < 1.29 is 14.3 Å². The molecule has 108 valence electrons. The van der Waals surface area contributed by atoms with E-state index in [2.05, 4.69) is 0 Å². The molecule has 0 aromatic heterocycles. The number of hydrogen-bond donors (Lipinski definition) is 0. The van der Waals surface area contributed by atoms with E-state index in [0.717, 1.165) is 24.8 Å². The van der Waals surface area contributed by atoms with Crippen molar-refractivity contribution in [3.63, 3.8) is 0 Å².